The first-order valence-electron chi connectivity index (χ1n) is 7.91. The Morgan fingerprint density at radius 2 is 1.91 bits per heavy atom. The molecule has 3 aromatic rings. The minimum absolute atomic E-state index is 0.680. The zero-order valence-corrected chi connectivity index (χ0v) is 14.0. The Morgan fingerprint density at radius 1 is 1.04 bits per heavy atom. The summed E-state index contributed by atoms with van der Waals surface area (Å²) in [6.45, 7) is 2.81. The van der Waals surface area contributed by atoms with E-state index in [2.05, 4.69) is 35.4 Å². The fourth-order valence-electron chi connectivity index (χ4n) is 2.64. The molecule has 1 aromatic heterocycles. The molecule has 3 rings (SSSR count). The van der Waals surface area contributed by atoms with Crippen LogP contribution < -0.4 is 10.1 Å². The number of alkyl halides is 1. The van der Waals surface area contributed by atoms with Gasteiger partial charge in [-0.25, -0.2) is 0 Å². The highest BCUT2D eigenvalue weighted by atomic mass is 35.5. The number of para-hydroxylation sites is 2. The zero-order chi connectivity index (χ0) is 16.1. The van der Waals surface area contributed by atoms with Crippen molar-refractivity contribution in [1.29, 1.82) is 0 Å². The summed E-state index contributed by atoms with van der Waals surface area (Å²) >= 11 is 5.71. The Kier molecular flexibility index (Phi) is 5.09. The lowest BCUT2D eigenvalue weighted by atomic mass is 10.1. The van der Waals surface area contributed by atoms with Gasteiger partial charge < -0.3 is 15.0 Å². The van der Waals surface area contributed by atoms with Crippen LogP contribution in [0, 0.1) is 6.92 Å². The number of halogens is 1. The number of ether oxygens (including phenoxy) is 1. The Hall–Kier alpha value is -2.13. The molecule has 120 valence electrons. The van der Waals surface area contributed by atoms with Gasteiger partial charge >= 0.3 is 0 Å². The summed E-state index contributed by atoms with van der Waals surface area (Å²) in [6, 6.07) is 14.3. The van der Waals surface area contributed by atoms with Crippen LogP contribution in [0.4, 0.5) is 11.4 Å². The Bertz CT molecular complexity index is 782. The molecule has 0 saturated heterocycles. The number of aromatic nitrogens is 1. The van der Waals surface area contributed by atoms with E-state index in [-0.39, 0.29) is 0 Å². The van der Waals surface area contributed by atoms with E-state index in [1.807, 2.05) is 30.5 Å². The van der Waals surface area contributed by atoms with Crippen molar-refractivity contribution in [3.63, 3.8) is 0 Å². The van der Waals surface area contributed by atoms with E-state index in [0.29, 0.717) is 12.5 Å². The molecule has 23 heavy (non-hydrogen) atoms. The van der Waals surface area contributed by atoms with Gasteiger partial charge in [-0.2, -0.15) is 0 Å². The summed E-state index contributed by atoms with van der Waals surface area (Å²) in [6.07, 6.45) is 3.90. The summed E-state index contributed by atoms with van der Waals surface area (Å²) in [5.74, 6) is 1.55. The summed E-state index contributed by atoms with van der Waals surface area (Å²) in [5.41, 5.74) is 4.45. The molecule has 2 aromatic carbocycles. The van der Waals surface area contributed by atoms with Crippen molar-refractivity contribution < 1.29 is 4.74 Å². The predicted octanol–water partition coefficient (Wildman–Crippen LogP) is 5.62. The second-order valence-corrected chi connectivity index (χ2v) is 5.92. The third kappa shape index (κ3) is 3.62. The van der Waals surface area contributed by atoms with E-state index in [1.54, 1.807) is 0 Å². The highest BCUT2D eigenvalue weighted by molar-refractivity contribution is 6.17. The molecule has 0 fully saturated rings. The molecule has 0 radical (unpaired) electrons. The van der Waals surface area contributed by atoms with Crippen molar-refractivity contribution >= 4 is 33.9 Å². The molecule has 0 aliphatic heterocycles. The fraction of sp³-hybridized carbons (Fsp3) is 0.263. The van der Waals surface area contributed by atoms with Crippen molar-refractivity contribution in [2.45, 2.75) is 19.8 Å². The first kappa shape index (κ1) is 15.8. The average Bonchev–Trinajstić information content (AvgIpc) is 3.05. The minimum atomic E-state index is 0.680. The van der Waals surface area contributed by atoms with E-state index >= 15 is 0 Å². The van der Waals surface area contributed by atoms with Crippen molar-refractivity contribution in [2.24, 2.45) is 0 Å². The van der Waals surface area contributed by atoms with E-state index in [4.69, 9.17) is 16.3 Å². The van der Waals surface area contributed by atoms with Gasteiger partial charge in [-0.1, -0.05) is 12.1 Å². The van der Waals surface area contributed by atoms with E-state index in [9.17, 15) is 0 Å². The van der Waals surface area contributed by atoms with Crippen LogP contribution in [0.3, 0.4) is 0 Å². The smallest absolute Gasteiger partial charge is 0.142 e. The lowest BCUT2D eigenvalue weighted by Crippen LogP contribution is -2.01. The highest BCUT2D eigenvalue weighted by Crippen LogP contribution is 2.31. The van der Waals surface area contributed by atoms with Crippen LogP contribution in [-0.2, 0) is 0 Å². The van der Waals surface area contributed by atoms with Gasteiger partial charge in [0.25, 0.3) is 0 Å². The molecule has 3 nitrogen and oxygen atoms in total. The highest BCUT2D eigenvalue weighted by Gasteiger charge is 2.08. The molecule has 0 spiro atoms. The van der Waals surface area contributed by atoms with Gasteiger partial charge in [0.1, 0.15) is 5.75 Å². The first-order chi connectivity index (χ1) is 11.3. The summed E-state index contributed by atoms with van der Waals surface area (Å²) in [7, 11) is 0. The standard InChI is InChI=1S/C19H21ClN2O/c1-14-15-10-12-21-17(15)9-8-16(14)22-18-6-2-3-7-19(18)23-13-5-4-11-20/h2-3,6-10,12,21-22H,4-5,11,13H2,1H3. The molecule has 0 atom stereocenters. The Balaban J connectivity index is 1.80. The quantitative estimate of drug-likeness (QED) is 0.436. The first-order valence-corrected chi connectivity index (χ1v) is 8.44. The van der Waals surface area contributed by atoms with Crippen molar-refractivity contribution in [1.82, 2.24) is 4.98 Å². The van der Waals surface area contributed by atoms with Crippen LogP contribution in [-0.4, -0.2) is 17.5 Å². The van der Waals surface area contributed by atoms with Crippen LogP contribution in [0.2, 0.25) is 0 Å². The number of hydrogen-bond acceptors (Lipinski definition) is 2. The van der Waals surface area contributed by atoms with Gasteiger partial charge in [0.2, 0.25) is 0 Å². The Morgan fingerprint density at radius 3 is 2.78 bits per heavy atom. The van der Waals surface area contributed by atoms with Gasteiger partial charge in [0, 0.05) is 28.7 Å². The number of H-pyrrole nitrogens is 1. The van der Waals surface area contributed by atoms with Crippen LogP contribution in [0.25, 0.3) is 10.9 Å². The lowest BCUT2D eigenvalue weighted by Gasteiger charge is -2.15. The number of fused-ring (bicyclic) bond motifs is 1. The van der Waals surface area contributed by atoms with Gasteiger partial charge in [0.05, 0.1) is 12.3 Å². The molecule has 2 N–H and O–H groups in total. The number of rotatable bonds is 7. The average molecular weight is 329 g/mol. The van der Waals surface area contributed by atoms with Crippen molar-refractivity contribution in [2.75, 3.05) is 17.8 Å². The molecule has 0 aliphatic rings. The number of benzene rings is 2. The van der Waals surface area contributed by atoms with Gasteiger partial charge in [-0.05, 0) is 55.7 Å². The second-order valence-electron chi connectivity index (χ2n) is 5.54. The summed E-state index contributed by atoms with van der Waals surface area (Å²) < 4.78 is 5.90. The SMILES string of the molecule is Cc1c(Nc2ccccc2OCCCCCl)ccc2[nH]ccc12. The Labute approximate surface area is 141 Å². The molecule has 1 heterocycles. The van der Waals surface area contributed by atoms with Crippen LogP contribution in [0.1, 0.15) is 18.4 Å². The van der Waals surface area contributed by atoms with E-state index < -0.39 is 0 Å². The zero-order valence-electron chi connectivity index (χ0n) is 13.2. The second kappa shape index (κ2) is 7.42. The summed E-state index contributed by atoms with van der Waals surface area (Å²) in [4.78, 5) is 3.24. The maximum absolute atomic E-state index is 5.90. The molecular formula is C19H21ClN2O. The monoisotopic (exact) mass is 328 g/mol. The molecule has 0 unspecified atom stereocenters. The summed E-state index contributed by atoms with van der Waals surface area (Å²) in [5, 5.41) is 4.73. The third-order valence-corrected chi connectivity index (χ3v) is 4.21. The van der Waals surface area contributed by atoms with Gasteiger partial charge in [0.15, 0.2) is 0 Å². The topological polar surface area (TPSA) is 37.0 Å². The van der Waals surface area contributed by atoms with Crippen molar-refractivity contribution in [3.05, 3.63) is 54.2 Å². The molecule has 0 saturated carbocycles. The van der Waals surface area contributed by atoms with Crippen LogP contribution in [0.5, 0.6) is 5.75 Å². The largest absolute Gasteiger partial charge is 0.491 e. The molecular weight excluding hydrogens is 308 g/mol. The number of anilines is 2. The van der Waals surface area contributed by atoms with Crippen molar-refractivity contribution in [3.8, 4) is 5.75 Å². The van der Waals surface area contributed by atoms with Crippen LogP contribution >= 0.6 is 11.6 Å². The third-order valence-electron chi connectivity index (χ3n) is 3.95. The predicted molar refractivity (Wildman–Crippen MR) is 98.2 cm³/mol. The number of aromatic amines is 1. The maximum atomic E-state index is 5.90. The van der Waals surface area contributed by atoms with Crippen LogP contribution in [0.15, 0.2) is 48.7 Å². The molecule has 4 heteroatoms. The number of aryl methyl sites for hydroxylation is 1. The minimum Gasteiger partial charge on any atom is -0.491 e. The number of nitrogens with one attached hydrogen (secondary N) is 2. The van der Waals surface area contributed by atoms with E-state index in [0.717, 1.165) is 35.5 Å². The van der Waals surface area contributed by atoms with Gasteiger partial charge in [-0.3, -0.25) is 0 Å². The lowest BCUT2D eigenvalue weighted by molar-refractivity contribution is 0.311. The molecule has 0 aliphatic carbocycles. The molecule has 0 bridgehead atoms. The normalized spacial score (nSPS) is 10.9. The van der Waals surface area contributed by atoms with Gasteiger partial charge in [-0.15, -0.1) is 11.6 Å². The maximum Gasteiger partial charge on any atom is 0.142 e. The number of unbranched alkanes of at least 4 members (excludes halogenated alkanes) is 1. The molecule has 0 amide bonds. The fourth-order valence-corrected chi connectivity index (χ4v) is 2.83. The van der Waals surface area contributed by atoms with E-state index in [1.165, 1.54) is 10.9 Å². The number of hydrogen-bond donors (Lipinski definition) is 2.